The predicted molar refractivity (Wildman–Crippen MR) is 46.8 cm³/mol. The Hall–Kier alpha value is -0.620. The number of hydrogen-bond acceptors (Lipinski definition) is 3. The van der Waals surface area contributed by atoms with E-state index in [9.17, 15) is 13.2 Å². The molecule has 1 N–H and O–H groups in total. The van der Waals surface area contributed by atoms with Crippen LogP contribution in [0.15, 0.2) is 0 Å². The highest BCUT2D eigenvalue weighted by Crippen LogP contribution is 2.30. The van der Waals surface area contributed by atoms with E-state index < -0.39 is 22.5 Å². The van der Waals surface area contributed by atoms with Crippen LogP contribution in [-0.4, -0.2) is 42.1 Å². The Labute approximate surface area is 77.4 Å². The van der Waals surface area contributed by atoms with Gasteiger partial charge in [0.2, 0.25) is 10.0 Å². The molecule has 0 heterocycles. The number of aliphatic carboxylic acids is 1. The van der Waals surface area contributed by atoms with Crippen molar-refractivity contribution in [2.45, 2.75) is 25.0 Å². The Balaban J connectivity index is 2.69. The molecule has 0 amide bonds. The molecule has 6 heteroatoms. The summed E-state index contributed by atoms with van der Waals surface area (Å²) in [5, 5.41) is 8.15. The molecule has 0 aromatic carbocycles. The summed E-state index contributed by atoms with van der Waals surface area (Å²) < 4.78 is 24.1. The van der Waals surface area contributed by atoms with Crippen LogP contribution in [0, 0.1) is 0 Å². The molecule has 0 spiro atoms. The quantitative estimate of drug-likeness (QED) is 0.682. The van der Waals surface area contributed by atoms with Crippen molar-refractivity contribution in [2.75, 3.05) is 13.1 Å². The number of carboxylic acids is 1. The Morgan fingerprint density at radius 2 is 2.08 bits per heavy atom. The molecule has 0 saturated heterocycles. The fourth-order valence-electron chi connectivity index (χ4n) is 1.11. The van der Waals surface area contributed by atoms with Gasteiger partial charge in [-0.3, -0.25) is 4.79 Å². The number of carbonyl (C=O) groups is 1. The van der Waals surface area contributed by atoms with Gasteiger partial charge >= 0.3 is 5.97 Å². The summed E-state index contributed by atoms with van der Waals surface area (Å²) in [5.74, 6) is -1.11. The number of hydrogen-bond donors (Lipinski definition) is 1. The summed E-state index contributed by atoms with van der Waals surface area (Å²) in [4.78, 5) is 10.4. The van der Waals surface area contributed by atoms with Gasteiger partial charge < -0.3 is 5.11 Å². The van der Waals surface area contributed by atoms with E-state index in [0.717, 1.165) is 4.31 Å². The maximum absolute atomic E-state index is 11.5. The third-order valence-corrected chi connectivity index (χ3v) is 4.39. The second-order valence-corrected chi connectivity index (χ2v) is 5.28. The van der Waals surface area contributed by atoms with Gasteiger partial charge in [-0.05, 0) is 12.8 Å². The van der Waals surface area contributed by atoms with Gasteiger partial charge in [0.05, 0.1) is 5.25 Å². The lowest BCUT2D eigenvalue weighted by molar-refractivity contribution is -0.137. The molecule has 0 atom stereocenters. The molecular weight excluding hydrogens is 194 g/mol. The van der Waals surface area contributed by atoms with E-state index in [1.54, 1.807) is 6.92 Å². The molecule has 1 aliphatic rings. The minimum atomic E-state index is -3.32. The van der Waals surface area contributed by atoms with Crippen LogP contribution < -0.4 is 0 Å². The number of sulfonamides is 1. The van der Waals surface area contributed by atoms with E-state index in [1.807, 2.05) is 0 Å². The third-order valence-electron chi connectivity index (χ3n) is 1.97. The highest BCUT2D eigenvalue weighted by atomic mass is 32.2. The highest BCUT2D eigenvalue weighted by molar-refractivity contribution is 7.90. The smallest absolute Gasteiger partial charge is 0.318 e. The van der Waals surface area contributed by atoms with Crippen molar-refractivity contribution < 1.29 is 18.3 Å². The molecule has 0 unspecified atom stereocenters. The standard InChI is InChI=1S/C7H13NO4S/c1-2-8(5-7(9)10)13(11,12)6-3-4-6/h6H,2-5H2,1H3,(H,9,10). The summed E-state index contributed by atoms with van der Waals surface area (Å²) >= 11 is 0. The summed E-state index contributed by atoms with van der Waals surface area (Å²) in [6.07, 6.45) is 1.33. The van der Waals surface area contributed by atoms with Gasteiger partial charge in [-0.2, -0.15) is 4.31 Å². The maximum atomic E-state index is 11.5. The van der Waals surface area contributed by atoms with Crippen LogP contribution >= 0.6 is 0 Å². The zero-order valence-corrected chi connectivity index (χ0v) is 8.25. The van der Waals surface area contributed by atoms with Crippen LogP contribution in [0.2, 0.25) is 0 Å². The van der Waals surface area contributed by atoms with Gasteiger partial charge in [-0.25, -0.2) is 8.42 Å². The lowest BCUT2D eigenvalue weighted by Gasteiger charge is -2.17. The summed E-state index contributed by atoms with van der Waals surface area (Å²) in [6, 6.07) is 0. The van der Waals surface area contributed by atoms with E-state index >= 15 is 0 Å². The monoisotopic (exact) mass is 207 g/mol. The van der Waals surface area contributed by atoms with Gasteiger partial charge in [0.15, 0.2) is 0 Å². The minimum Gasteiger partial charge on any atom is -0.480 e. The van der Waals surface area contributed by atoms with Crippen molar-refractivity contribution in [3.8, 4) is 0 Å². The Morgan fingerprint density at radius 1 is 1.54 bits per heavy atom. The number of nitrogens with zero attached hydrogens (tertiary/aromatic N) is 1. The van der Waals surface area contributed by atoms with Crippen molar-refractivity contribution >= 4 is 16.0 Å². The average Bonchev–Trinajstić information content (AvgIpc) is 2.81. The summed E-state index contributed by atoms with van der Waals surface area (Å²) in [7, 11) is -3.32. The SMILES string of the molecule is CCN(CC(=O)O)S(=O)(=O)C1CC1. The second kappa shape index (κ2) is 3.63. The fraction of sp³-hybridized carbons (Fsp3) is 0.857. The molecule has 0 aromatic rings. The first-order valence-electron chi connectivity index (χ1n) is 4.19. The molecule has 76 valence electrons. The van der Waals surface area contributed by atoms with E-state index in [1.165, 1.54) is 0 Å². The van der Waals surface area contributed by atoms with Crippen molar-refractivity contribution in [1.82, 2.24) is 4.31 Å². The molecule has 13 heavy (non-hydrogen) atoms. The second-order valence-electron chi connectivity index (χ2n) is 3.06. The number of likely N-dealkylation sites (N-methyl/N-ethyl adjacent to an activating group) is 1. The van der Waals surface area contributed by atoms with Gasteiger partial charge in [-0.1, -0.05) is 6.92 Å². The largest absolute Gasteiger partial charge is 0.480 e. The highest BCUT2D eigenvalue weighted by Gasteiger charge is 2.39. The molecule has 1 fully saturated rings. The minimum absolute atomic E-state index is 0.227. The average molecular weight is 207 g/mol. The zero-order chi connectivity index (χ0) is 10.1. The van der Waals surface area contributed by atoms with Crippen LogP contribution in [0.25, 0.3) is 0 Å². The third kappa shape index (κ3) is 2.41. The van der Waals surface area contributed by atoms with E-state index in [-0.39, 0.29) is 11.8 Å². The lowest BCUT2D eigenvalue weighted by atomic mass is 10.6. The van der Waals surface area contributed by atoms with E-state index in [2.05, 4.69) is 0 Å². The first-order valence-corrected chi connectivity index (χ1v) is 5.69. The Morgan fingerprint density at radius 3 is 2.38 bits per heavy atom. The normalized spacial score (nSPS) is 17.7. The van der Waals surface area contributed by atoms with Crippen LogP contribution in [0.1, 0.15) is 19.8 Å². The van der Waals surface area contributed by atoms with Crippen molar-refractivity contribution in [3.63, 3.8) is 0 Å². The van der Waals surface area contributed by atoms with Crippen LogP contribution in [0.4, 0.5) is 0 Å². The number of carboxylic acid groups (broad SMARTS) is 1. The van der Waals surface area contributed by atoms with E-state index in [4.69, 9.17) is 5.11 Å². The van der Waals surface area contributed by atoms with Gasteiger partial charge in [0.1, 0.15) is 6.54 Å². The van der Waals surface area contributed by atoms with Crippen molar-refractivity contribution in [2.24, 2.45) is 0 Å². The fourth-order valence-corrected chi connectivity index (χ4v) is 2.91. The lowest BCUT2D eigenvalue weighted by Crippen LogP contribution is -2.37. The van der Waals surface area contributed by atoms with E-state index in [0.29, 0.717) is 12.8 Å². The molecule has 0 bridgehead atoms. The molecule has 1 rings (SSSR count). The Kier molecular flexibility index (Phi) is 2.92. The van der Waals surface area contributed by atoms with Gasteiger partial charge in [0.25, 0.3) is 0 Å². The summed E-state index contributed by atoms with van der Waals surface area (Å²) in [5.41, 5.74) is 0. The van der Waals surface area contributed by atoms with Gasteiger partial charge in [0, 0.05) is 6.54 Å². The molecule has 1 aliphatic carbocycles. The molecule has 0 aromatic heterocycles. The molecule has 5 nitrogen and oxygen atoms in total. The first-order chi connectivity index (χ1) is 5.98. The maximum Gasteiger partial charge on any atom is 0.318 e. The van der Waals surface area contributed by atoms with Crippen molar-refractivity contribution in [1.29, 1.82) is 0 Å². The predicted octanol–water partition coefficient (Wildman–Crippen LogP) is -0.115. The van der Waals surface area contributed by atoms with Crippen molar-refractivity contribution in [3.05, 3.63) is 0 Å². The first kappa shape index (κ1) is 10.5. The molecule has 1 saturated carbocycles. The zero-order valence-electron chi connectivity index (χ0n) is 7.43. The molecular formula is C7H13NO4S. The number of rotatable bonds is 5. The van der Waals surface area contributed by atoms with Crippen LogP contribution in [0.3, 0.4) is 0 Å². The van der Waals surface area contributed by atoms with Crippen LogP contribution in [0.5, 0.6) is 0 Å². The summed E-state index contributed by atoms with van der Waals surface area (Å²) in [6.45, 7) is 1.45. The van der Waals surface area contributed by atoms with Crippen LogP contribution in [-0.2, 0) is 14.8 Å². The molecule has 0 aliphatic heterocycles. The van der Waals surface area contributed by atoms with Gasteiger partial charge in [-0.15, -0.1) is 0 Å². The Bertz CT molecular complexity index is 294. The topological polar surface area (TPSA) is 74.7 Å². The molecule has 0 radical (unpaired) electrons.